The molecule has 0 saturated heterocycles. The average Bonchev–Trinajstić information content (AvgIpc) is 2.70. The highest BCUT2D eigenvalue weighted by Crippen LogP contribution is 2.25. The van der Waals surface area contributed by atoms with Crippen LogP contribution in [-0.4, -0.2) is 5.97 Å². The first-order valence-electron chi connectivity index (χ1n) is 5.44. The Morgan fingerprint density at radius 1 is 1.37 bits per heavy atom. The molecule has 3 nitrogen and oxygen atoms in total. The second-order valence-electron chi connectivity index (χ2n) is 3.93. The van der Waals surface area contributed by atoms with E-state index in [0.717, 1.165) is 4.88 Å². The van der Waals surface area contributed by atoms with E-state index in [1.54, 1.807) is 24.3 Å². The number of esters is 1. The molecule has 0 aliphatic heterocycles. The number of hydrogen-bond acceptors (Lipinski definition) is 4. The Bertz CT molecular complexity index is 606. The van der Waals surface area contributed by atoms with Crippen LogP contribution < -0.4 is 5.73 Å². The van der Waals surface area contributed by atoms with Crippen molar-refractivity contribution in [2.75, 3.05) is 5.73 Å². The molecule has 2 N–H and O–H groups in total. The lowest BCUT2D eigenvalue weighted by molar-refractivity contribution is 0.0478. The fraction of sp³-hybridized carbons (Fsp3) is 0.154. The lowest BCUT2D eigenvalue weighted by Gasteiger charge is -2.06. The molecule has 6 heteroatoms. The van der Waals surface area contributed by atoms with Gasteiger partial charge in [-0.2, -0.15) is 0 Å². The first-order chi connectivity index (χ1) is 8.97. The van der Waals surface area contributed by atoms with E-state index in [9.17, 15) is 4.79 Å². The maximum Gasteiger partial charge on any atom is 0.348 e. The number of carbonyl (C=O) groups is 1. The summed E-state index contributed by atoms with van der Waals surface area (Å²) >= 11 is 13.2. The van der Waals surface area contributed by atoms with Crippen molar-refractivity contribution in [2.24, 2.45) is 0 Å². The van der Waals surface area contributed by atoms with Gasteiger partial charge in [0.1, 0.15) is 11.5 Å². The van der Waals surface area contributed by atoms with Gasteiger partial charge in [0.15, 0.2) is 0 Å². The van der Waals surface area contributed by atoms with Crippen LogP contribution in [0.5, 0.6) is 0 Å². The molecule has 1 aromatic heterocycles. The number of benzene rings is 1. The largest absolute Gasteiger partial charge is 0.457 e. The van der Waals surface area contributed by atoms with Crippen molar-refractivity contribution in [1.29, 1.82) is 0 Å². The standard InChI is InChI=1S/C13H11Cl2NO2S/c1-7-11(16)5-12(19-7)13(17)18-6-8-4-9(14)2-3-10(8)15/h2-5H,6,16H2,1H3. The van der Waals surface area contributed by atoms with Gasteiger partial charge in [0, 0.05) is 26.2 Å². The topological polar surface area (TPSA) is 52.3 Å². The van der Waals surface area contributed by atoms with Gasteiger partial charge in [-0.15, -0.1) is 11.3 Å². The van der Waals surface area contributed by atoms with Crippen LogP contribution in [0, 0.1) is 6.92 Å². The maximum atomic E-state index is 11.8. The van der Waals surface area contributed by atoms with Gasteiger partial charge < -0.3 is 10.5 Å². The minimum absolute atomic E-state index is 0.0785. The molecule has 0 aliphatic carbocycles. The molecule has 0 saturated carbocycles. The van der Waals surface area contributed by atoms with Crippen LogP contribution >= 0.6 is 34.5 Å². The van der Waals surface area contributed by atoms with Gasteiger partial charge in [-0.3, -0.25) is 0 Å². The highest BCUT2D eigenvalue weighted by atomic mass is 35.5. The van der Waals surface area contributed by atoms with Crippen LogP contribution in [0.25, 0.3) is 0 Å². The molecule has 0 unspecified atom stereocenters. The number of thiophene rings is 1. The van der Waals surface area contributed by atoms with E-state index in [1.807, 2.05) is 6.92 Å². The third-order valence-corrected chi connectivity index (χ3v) is 4.17. The van der Waals surface area contributed by atoms with Crippen LogP contribution in [0.3, 0.4) is 0 Å². The van der Waals surface area contributed by atoms with Crippen LogP contribution in [-0.2, 0) is 11.3 Å². The number of nitrogen functional groups attached to an aromatic ring is 1. The molecule has 2 aromatic rings. The van der Waals surface area contributed by atoms with Crippen LogP contribution in [0.15, 0.2) is 24.3 Å². The van der Waals surface area contributed by atoms with Gasteiger partial charge in [0.2, 0.25) is 0 Å². The van der Waals surface area contributed by atoms with Gasteiger partial charge in [-0.25, -0.2) is 4.79 Å². The molecule has 0 spiro atoms. The zero-order valence-corrected chi connectivity index (χ0v) is 12.4. The van der Waals surface area contributed by atoms with E-state index < -0.39 is 5.97 Å². The van der Waals surface area contributed by atoms with Crippen LogP contribution in [0.1, 0.15) is 20.1 Å². The quantitative estimate of drug-likeness (QED) is 0.859. The van der Waals surface area contributed by atoms with Crippen molar-refractivity contribution in [3.8, 4) is 0 Å². The van der Waals surface area contributed by atoms with E-state index in [1.165, 1.54) is 11.3 Å². The minimum atomic E-state index is -0.416. The number of hydrogen-bond donors (Lipinski definition) is 1. The molecular weight excluding hydrogens is 305 g/mol. The Hall–Kier alpha value is -1.23. The first kappa shape index (κ1) is 14.2. The summed E-state index contributed by atoms with van der Waals surface area (Å²) in [6.07, 6.45) is 0. The summed E-state index contributed by atoms with van der Waals surface area (Å²) in [5.41, 5.74) is 6.96. The highest BCUT2D eigenvalue weighted by molar-refractivity contribution is 7.14. The van der Waals surface area contributed by atoms with Crippen molar-refractivity contribution in [2.45, 2.75) is 13.5 Å². The van der Waals surface area contributed by atoms with E-state index in [2.05, 4.69) is 0 Å². The second kappa shape index (κ2) is 5.82. The molecule has 100 valence electrons. The molecule has 1 aromatic carbocycles. The molecule has 0 fully saturated rings. The molecule has 0 atom stereocenters. The molecule has 0 radical (unpaired) electrons. The fourth-order valence-corrected chi connectivity index (χ4v) is 2.67. The van der Waals surface area contributed by atoms with E-state index in [-0.39, 0.29) is 6.61 Å². The molecule has 1 heterocycles. The second-order valence-corrected chi connectivity index (χ2v) is 6.03. The molecule has 0 aliphatic rings. The number of ether oxygens (including phenoxy) is 1. The Kier molecular flexibility index (Phi) is 4.34. The highest BCUT2D eigenvalue weighted by Gasteiger charge is 2.13. The number of anilines is 1. The monoisotopic (exact) mass is 315 g/mol. The van der Waals surface area contributed by atoms with E-state index >= 15 is 0 Å². The number of nitrogens with two attached hydrogens (primary N) is 1. The number of aryl methyl sites for hydroxylation is 1. The van der Waals surface area contributed by atoms with Crippen LogP contribution in [0.2, 0.25) is 10.0 Å². The minimum Gasteiger partial charge on any atom is -0.457 e. The average molecular weight is 316 g/mol. The van der Waals surface area contributed by atoms with Gasteiger partial charge >= 0.3 is 5.97 Å². The normalized spacial score (nSPS) is 10.5. The van der Waals surface area contributed by atoms with Crippen molar-refractivity contribution >= 4 is 46.2 Å². The Balaban J connectivity index is 2.06. The van der Waals surface area contributed by atoms with Gasteiger partial charge in [0.25, 0.3) is 0 Å². The predicted octanol–water partition coefficient (Wildman–Crippen LogP) is 4.30. The van der Waals surface area contributed by atoms with Gasteiger partial charge in [-0.1, -0.05) is 23.2 Å². The molecule has 19 heavy (non-hydrogen) atoms. The Morgan fingerprint density at radius 3 is 2.74 bits per heavy atom. The lowest BCUT2D eigenvalue weighted by Crippen LogP contribution is -2.03. The number of carbonyl (C=O) groups excluding carboxylic acids is 1. The summed E-state index contributed by atoms with van der Waals surface area (Å²) in [5, 5.41) is 1.06. The van der Waals surface area contributed by atoms with Crippen LogP contribution in [0.4, 0.5) is 5.69 Å². The SMILES string of the molecule is Cc1sc(C(=O)OCc2cc(Cl)ccc2Cl)cc1N. The molecular formula is C13H11Cl2NO2S. The van der Waals surface area contributed by atoms with Crippen molar-refractivity contribution in [3.05, 3.63) is 49.6 Å². The summed E-state index contributed by atoms with van der Waals surface area (Å²) in [6, 6.07) is 6.63. The molecule has 0 bridgehead atoms. The maximum absolute atomic E-state index is 11.8. The van der Waals surface area contributed by atoms with E-state index in [0.29, 0.717) is 26.2 Å². The lowest BCUT2D eigenvalue weighted by atomic mass is 10.2. The molecule has 0 amide bonds. The number of rotatable bonds is 3. The van der Waals surface area contributed by atoms with Crippen molar-refractivity contribution in [3.63, 3.8) is 0 Å². The van der Waals surface area contributed by atoms with E-state index in [4.69, 9.17) is 33.7 Å². The third-order valence-electron chi connectivity index (χ3n) is 2.52. The summed E-state index contributed by atoms with van der Waals surface area (Å²) in [7, 11) is 0. The van der Waals surface area contributed by atoms with Crippen molar-refractivity contribution < 1.29 is 9.53 Å². The van der Waals surface area contributed by atoms with Crippen molar-refractivity contribution in [1.82, 2.24) is 0 Å². The summed E-state index contributed by atoms with van der Waals surface area (Å²) < 4.78 is 5.19. The third kappa shape index (κ3) is 3.41. The summed E-state index contributed by atoms with van der Waals surface area (Å²) in [6.45, 7) is 1.93. The Morgan fingerprint density at radius 2 is 2.11 bits per heavy atom. The smallest absolute Gasteiger partial charge is 0.348 e. The first-order valence-corrected chi connectivity index (χ1v) is 7.01. The Labute approximate surface area is 124 Å². The fourth-order valence-electron chi connectivity index (χ4n) is 1.47. The summed E-state index contributed by atoms with van der Waals surface area (Å²) in [5.74, 6) is -0.416. The predicted molar refractivity (Wildman–Crippen MR) is 79.0 cm³/mol. The van der Waals surface area contributed by atoms with Gasteiger partial charge in [0.05, 0.1) is 0 Å². The zero-order valence-electron chi connectivity index (χ0n) is 10.1. The zero-order chi connectivity index (χ0) is 14.0. The summed E-state index contributed by atoms with van der Waals surface area (Å²) in [4.78, 5) is 13.2. The van der Waals surface area contributed by atoms with Gasteiger partial charge in [-0.05, 0) is 31.2 Å². The molecule has 2 rings (SSSR count). The number of halogens is 2.